The van der Waals surface area contributed by atoms with Gasteiger partial charge in [-0.2, -0.15) is 0 Å². The van der Waals surface area contributed by atoms with E-state index >= 15 is 0 Å². The van der Waals surface area contributed by atoms with Crippen LogP contribution in [-0.4, -0.2) is 35.8 Å². The molecule has 3 aromatic rings. The lowest BCUT2D eigenvalue weighted by Crippen LogP contribution is -2.42. The zero-order valence-corrected chi connectivity index (χ0v) is 19.2. The number of ketones is 1. The van der Waals surface area contributed by atoms with Gasteiger partial charge in [-0.15, -0.1) is 0 Å². The normalized spacial score (nSPS) is 10.3. The van der Waals surface area contributed by atoms with E-state index in [0.717, 1.165) is 12.8 Å². The van der Waals surface area contributed by atoms with Crippen LogP contribution >= 0.6 is 0 Å². The summed E-state index contributed by atoms with van der Waals surface area (Å²) in [4.78, 5) is 42.2. The van der Waals surface area contributed by atoms with E-state index in [9.17, 15) is 14.4 Å². The fraction of sp³-hybridized carbons (Fsp3) is 0.231. The monoisotopic (exact) mass is 461 g/mol. The lowest BCUT2D eigenvalue weighted by molar-refractivity contribution is 0.0842. The Labute approximate surface area is 198 Å². The number of ether oxygens (including phenoxy) is 2. The van der Waals surface area contributed by atoms with Crippen LogP contribution < -0.4 is 20.3 Å². The minimum atomic E-state index is -0.626. The van der Waals surface area contributed by atoms with Gasteiger partial charge in [0.05, 0.1) is 18.8 Å². The molecule has 0 aliphatic carbocycles. The number of hydrazine groups is 1. The zero-order valence-electron chi connectivity index (χ0n) is 19.2. The van der Waals surface area contributed by atoms with Crippen molar-refractivity contribution in [1.82, 2.24) is 15.8 Å². The van der Waals surface area contributed by atoms with Gasteiger partial charge >= 0.3 is 0 Å². The molecule has 0 saturated heterocycles. The number of amides is 2. The predicted octanol–water partition coefficient (Wildman–Crippen LogP) is 3.97. The van der Waals surface area contributed by atoms with Crippen molar-refractivity contribution in [2.75, 3.05) is 13.2 Å². The molecule has 1 heterocycles. The minimum Gasteiger partial charge on any atom is -0.490 e. The second-order valence-electron chi connectivity index (χ2n) is 7.36. The third-order valence-electron chi connectivity index (χ3n) is 4.73. The molecule has 176 valence electrons. The van der Waals surface area contributed by atoms with Crippen LogP contribution in [0, 0.1) is 0 Å². The van der Waals surface area contributed by atoms with Crippen LogP contribution in [-0.2, 0) is 0 Å². The van der Waals surface area contributed by atoms with Gasteiger partial charge in [0.15, 0.2) is 17.3 Å². The molecule has 2 amide bonds. The van der Waals surface area contributed by atoms with E-state index in [1.54, 1.807) is 48.5 Å². The summed E-state index contributed by atoms with van der Waals surface area (Å²) in [6, 6.07) is 16.2. The molecule has 8 heteroatoms. The summed E-state index contributed by atoms with van der Waals surface area (Å²) in [5.41, 5.74) is 5.47. The number of pyridine rings is 1. The van der Waals surface area contributed by atoms with Crippen molar-refractivity contribution < 1.29 is 23.9 Å². The first-order chi connectivity index (χ1) is 16.5. The molecule has 0 aliphatic rings. The Bertz CT molecular complexity index is 1150. The van der Waals surface area contributed by atoms with E-state index in [4.69, 9.17) is 9.47 Å². The molecule has 0 radical (unpaired) electrons. The summed E-state index contributed by atoms with van der Waals surface area (Å²) < 4.78 is 11.5. The molecule has 8 nitrogen and oxygen atoms in total. The number of carbonyl (C=O) groups excluding carboxylic acids is 3. The molecule has 0 spiro atoms. The van der Waals surface area contributed by atoms with Crippen molar-refractivity contribution in [2.45, 2.75) is 26.7 Å². The number of aromatic nitrogens is 1. The fourth-order valence-corrected chi connectivity index (χ4v) is 3.08. The van der Waals surface area contributed by atoms with Crippen molar-refractivity contribution in [2.24, 2.45) is 0 Å². The number of nitrogens with zero attached hydrogens (tertiary/aromatic N) is 1. The maximum absolute atomic E-state index is 13.3. The van der Waals surface area contributed by atoms with E-state index in [0.29, 0.717) is 30.3 Å². The fourth-order valence-electron chi connectivity index (χ4n) is 3.08. The second kappa shape index (κ2) is 12.2. The Morgan fingerprint density at radius 2 is 1.41 bits per heavy atom. The third kappa shape index (κ3) is 6.19. The van der Waals surface area contributed by atoms with Gasteiger partial charge in [-0.25, -0.2) is 0 Å². The van der Waals surface area contributed by atoms with Crippen LogP contribution in [0.5, 0.6) is 11.5 Å². The average molecular weight is 462 g/mol. The summed E-state index contributed by atoms with van der Waals surface area (Å²) in [5.74, 6) is -0.511. The predicted molar refractivity (Wildman–Crippen MR) is 127 cm³/mol. The number of benzene rings is 2. The van der Waals surface area contributed by atoms with E-state index in [1.165, 1.54) is 18.3 Å². The number of hydrogen-bond donors (Lipinski definition) is 2. The van der Waals surface area contributed by atoms with Gasteiger partial charge in [0.2, 0.25) is 0 Å². The third-order valence-corrected chi connectivity index (χ3v) is 4.73. The summed E-state index contributed by atoms with van der Waals surface area (Å²) >= 11 is 0. The maximum Gasteiger partial charge on any atom is 0.288 e. The van der Waals surface area contributed by atoms with E-state index in [-0.39, 0.29) is 22.6 Å². The lowest BCUT2D eigenvalue weighted by atomic mass is 9.97. The van der Waals surface area contributed by atoms with Crippen molar-refractivity contribution in [3.8, 4) is 11.5 Å². The molecule has 0 aliphatic heterocycles. The average Bonchev–Trinajstić information content (AvgIpc) is 2.89. The molecule has 0 atom stereocenters. The molecule has 34 heavy (non-hydrogen) atoms. The van der Waals surface area contributed by atoms with Gasteiger partial charge in [0.1, 0.15) is 5.69 Å². The maximum atomic E-state index is 13.3. The smallest absolute Gasteiger partial charge is 0.288 e. The molecule has 2 aromatic carbocycles. The van der Waals surface area contributed by atoms with Crippen LogP contribution in [0.15, 0.2) is 66.9 Å². The summed E-state index contributed by atoms with van der Waals surface area (Å²) in [6.07, 6.45) is 3.12. The highest BCUT2D eigenvalue weighted by molar-refractivity contribution is 6.15. The van der Waals surface area contributed by atoms with Gasteiger partial charge in [-0.3, -0.25) is 30.2 Å². The SMILES string of the molecule is CCCOc1ccc(C(=O)c2ccccc2C(=O)NNC(=O)c2ccccn2)cc1OCCC. The standard InChI is InChI=1S/C26H27N3O5/c1-3-15-33-22-13-12-18(17-23(22)34-16-4-2)24(30)19-9-5-6-10-20(19)25(31)28-29-26(32)21-11-7-8-14-27-21/h5-14,17H,3-4,15-16H2,1-2H3,(H,28,31)(H,29,32). The topological polar surface area (TPSA) is 107 Å². The van der Waals surface area contributed by atoms with Crippen molar-refractivity contribution in [3.05, 3.63) is 89.2 Å². The number of rotatable bonds is 10. The Hall–Kier alpha value is -4.20. The Morgan fingerprint density at radius 1 is 0.765 bits per heavy atom. The van der Waals surface area contributed by atoms with Crippen LogP contribution in [0.25, 0.3) is 0 Å². The largest absolute Gasteiger partial charge is 0.490 e. The van der Waals surface area contributed by atoms with Gasteiger partial charge in [0, 0.05) is 17.3 Å². The molecule has 0 bridgehead atoms. The Morgan fingerprint density at radius 3 is 2.09 bits per heavy atom. The van der Waals surface area contributed by atoms with Crippen LogP contribution in [0.4, 0.5) is 0 Å². The molecule has 0 saturated carbocycles. The van der Waals surface area contributed by atoms with Crippen LogP contribution in [0.2, 0.25) is 0 Å². The van der Waals surface area contributed by atoms with Crippen LogP contribution in [0.1, 0.15) is 63.5 Å². The minimum absolute atomic E-state index is 0.121. The van der Waals surface area contributed by atoms with Crippen LogP contribution in [0.3, 0.4) is 0 Å². The second-order valence-corrected chi connectivity index (χ2v) is 7.36. The first-order valence-corrected chi connectivity index (χ1v) is 11.1. The summed E-state index contributed by atoms with van der Waals surface area (Å²) in [7, 11) is 0. The van der Waals surface area contributed by atoms with Gasteiger partial charge in [-0.1, -0.05) is 38.1 Å². The molecule has 0 fully saturated rings. The molecule has 1 aromatic heterocycles. The van der Waals surface area contributed by atoms with E-state index < -0.39 is 11.8 Å². The van der Waals surface area contributed by atoms with Gasteiger partial charge in [0.25, 0.3) is 11.8 Å². The molecule has 0 unspecified atom stereocenters. The first-order valence-electron chi connectivity index (χ1n) is 11.1. The summed E-state index contributed by atoms with van der Waals surface area (Å²) in [6.45, 7) is 5.01. The van der Waals surface area contributed by atoms with E-state index in [2.05, 4.69) is 15.8 Å². The molecular weight excluding hydrogens is 434 g/mol. The molecule has 3 rings (SSSR count). The zero-order chi connectivity index (χ0) is 24.3. The lowest BCUT2D eigenvalue weighted by Gasteiger charge is -2.14. The van der Waals surface area contributed by atoms with Crippen molar-refractivity contribution >= 4 is 17.6 Å². The van der Waals surface area contributed by atoms with Gasteiger partial charge < -0.3 is 9.47 Å². The summed E-state index contributed by atoms with van der Waals surface area (Å²) in [5, 5.41) is 0. The highest BCUT2D eigenvalue weighted by atomic mass is 16.5. The molecule has 2 N–H and O–H groups in total. The Balaban J connectivity index is 1.80. The number of carbonyl (C=O) groups is 3. The molecular formula is C26H27N3O5. The van der Waals surface area contributed by atoms with Crippen molar-refractivity contribution in [3.63, 3.8) is 0 Å². The highest BCUT2D eigenvalue weighted by Gasteiger charge is 2.20. The Kier molecular flexibility index (Phi) is 8.73. The highest BCUT2D eigenvalue weighted by Crippen LogP contribution is 2.30. The van der Waals surface area contributed by atoms with Gasteiger partial charge in [-0.05, 0) is 49.2 Å². The number of nitrogens with one attached hydrogen (secondary N) is 2. The number of hydrogen-bond acceptors (Lipinski definition) is 6. The first kappa shape index (κ1) is 24.4. The van der Waals surface area contributed by atoms with Crippen molar-refractivity contribution in [1.29, 1.82) is 0 Å². The quantitative estimate of drug-likeness (QED) is 0.350. The van der Waals surface area contributed by atoms with E-state index in [1.807, 2.05) is 13.8 Å².